The standard InChI is InChI=1S/C14H19ClN2O2/c1-5-10(3)16-17-14(18)11(4)19-13-7-6-12(15)8-9(13)2/h6-8,11H,5H2,1-4H3,(H,17,18)/t11-/m0/s1. The third kappa shape index (κ3) is 4.91. The van der Waals surface area contributed by atoms with Gasteiger partial charge in [0, 0.05) is 10.7 Å². The van der Waals surface area contributed by atoms with Crippen molar-refractivity contribution < 1.29 is 9.53 Å². The zero-order valence-corrected chi connectivity index (χ0v) is 12.4. The summed E-state index contributed by atoms with van der Waals surface area (Å²) in [6.45, 7) is 7.39. The third-order valence-electron chi connectivity index (χ3n) is 2.68. The second-order valence-corrected chi connectivity index (χ2v) is 4.78. The number of amides is 1. The molecule has 0 saturated heterocycles. The molecule has 0 aliphatic rings. The van der Waals surface area contributed by atoms with Gasteiger partial charge in [0.1, 0.15) is 5.75 Å². The Morgan fingerprint density at radius 2 is 2.21 bits per heavy atom. The Labute approximate surface area is 118 Å². The van der Waals surface area contributed by atoms with E-state index in [9.17, 15) is 4.79 Å². The highest BCUT2D eigenvalue weighted by Crippen LogP contribution is 2.22. The van der Waals surface area contributed by atoms with Gasteiger partial charge in [-0.2, -0.15) is 5.10 Å². The van der Waals surface area contributed by atoms with Gasteiger partial charge in [-0.1, -0.05) is 18.5 Å². The minimum Gasteiger partial charge on any atom is -0.481 e. The normalized spacial score (nSPS) is 13.0. The van der Waals surface area contributed by atoms with Crippen molar-refractivity contribution in [1.82, 2.24) is 5.43 Å². The van der Waals surface area contributed by atoms with Crippen LogP contribution in [0.4, 0.5) is 0 Å². The van der Waals surface area contributed by atoms with Crippen LogP contribution in [0.1, 0.15) is 32.8 Å². The van der Waals surface area contributed by atoms with Gasteiger partial charge in [0.05, 0.1) is 0 Å². The summed E-state index contributed by atoms with van der Waals surface area (Å²) in [4.78, 5) is 11.8. The van der Waals surface area contributed by atoms with E-state index in [0.29, 0.717) is 10.8 Å². The Balaban J connectivity index is 2.63. The number of rotatable bonds is 5. The first kappa shape index (κ1) is 15.5. The number of hydrazone groups is 1. The molecule has 0 fully saturated rings. The van der Waals surface area contributed by atoms with Crippen LogP contribution in [-0.2, 0) is 4.79 Å². The van der Waals surface area contributed by atoms with Crippen LogP contribution in [0, 0.1) is 6.92 Å². The molecule has 1 amide bonds. The van der Waals surface area contributed by atoms with Crippen molar-refractivity contribution in [3.63, 3.8) is 0 Å². The van der Waals surface area contributed by atoms with Gasteiger partial charge in [0.15, 0.2) is 6.10 Å². The first-order valence-corrected chi connectivity index (χ1v) is 6.57. The lowest BCUT2D eigenvalue weighted by Gasteiger charge is -2.15. The Morgan fingerprint density at radius 3 is 2.79 bits per heavy atom. The van der Waals surface area contributed by atoms with Gasteiger partial charge in [0.25, 0.3) is 5.91 Å². The molecule has 0 aliphatic carbocycles. The largest absolute Gasteiger partial charge is 0.481 e. The van der Waals surface area contributed by atoms with Crippen LogP contribution in [0.2, 0.25) is 5.02 Å². The van der Waals surface area contributed by atoms with Gasteiger partial charge in [-0.3, -0.25) is 4.79 Å². The van der Waals surface area contributed by atoms with Crippen molar-refractivity contribution in [2.24, 2.45) is 5.10 Å². The van der Waals surface area contributed by atoms with E-state index < -0.39 is 6.10 Å². The quantitative estimate of drug-likeness (QED) is 0.665. The maximum absolute atomic E-state index is 11.8. The highest BCUT2D eigenvalue weighted by atomic mass is 35.5. The average molecular weight is 283 g/mol. The first-order chi connectivity index (χ1) is 8.93. The summed E-state index contributed by atoms with van der Waals surface area (Å²) in [5.74, 6) is 0.366. The molecule has 0 unspecified atom stereocenters. The maximum Gasteiger partial charge on any atom is 0.280 e. The van der Waals surface area contributed by atoms with Crippen molar-refractivity contribution in [2.45, 2.75) is 40.2 Å². The van der Waals surface area contributed by atoms with Crippen molar-refractivity contribution in [3.8, 4) is 5.75 Å². The molecule has 1 aromatic rings. The lowest BCUT2D eigenvalue weighted by molar-refractivity contribution is -0.127. The van der Waals surface area contributed by atoms with Crippen LogP contribution < -0.4 is 10.2 Å². The number of carbonyl (C=O) groups is 1. The Kier molecular flexibility index (Phi) is 5.83. The maximum atomic E-state index is 11.8. The molecule has 19 heavy (non-hydrogen) atoms. The number of aryl methyl sites for hydroxylation is 1. The minimum atomic E-state index is -0.617. The zero-order chi connectivity index (χ0) is 14.4. The topological polar surface area (TPSA) is 50.7 Å². The predicted octanol–water partition coefficient (Wildman–Crippen LogP) is 3.32. The molecule has 1 N–H and O–H groups in total. The summed E-state index contributed by atoms with van der Waals surface area (Å²) in [7, 11) is 0. The van der Waals surface area contributed by atoms with E-state index in [4.69, 9.17) is 16.3 Å². The van der Waals surface area contributed by atoms with Crippen molar-refractivity contribution in [2.75, 3.05) is 0 Å². The molecule has 1 aromatic carbocycles. The van der Waals surface area contributed by atoms with E-state index in [1.807, 2.05) is 20.8 Å². The zero-order valence-electron chi connectivity index (χ0n) is 11.7. The highest BCUT2D eigenvalue weighted by Gasteiger charge is 2.15. The summed E-state index contributed by atoms with van der Waals surface area (Å²) in [5, 5.41) is 4.60. The SMILES string of the molecule is CCC(C)=NNC(=O)[C@H](C)Oc1ccc(Cl)cc1C. The van der Waals surface area contributed by atoms with Crippen LogP contribution in [0.25, 0.3) is 0 Å². The van der Waals surface area contributed by atoms with Crippen LogP contribution in [0.5, 0.6) is 5.75 Å². The van der Waals surface area contributed by atoms with E-state index >= 15 is 0 Å². The number of carbonyl (C=O) groups excluding carboxylic acids is 1. The second kappa shape index (κ2) is 7.14. The number of nitrogens with zero attached hydrogens (tertiary/aromatic N) is 1. The Morgan fingerprint density at radius 1 is 1.53 bits per heavy atom. The number of hydrogen-bond donors (Lipinski definition) is 1. The van der Waals surface area contributed by atoms with E-state index in [2.05, 4.69) is 10.5 Å². The lowest BCUT2D eigenvalue weighted by atomic mass is 10.2. The molecule has 0 saturated carbocycles. The molecule has 0 spiro atoms. The molecular formula is C14H19ClN2O2. The van der Waals surface area contributed by atoms with Gasteiger partial charge >= 0.3 is 0 Å². The lowest BCUT2D eigenvalue weighted by Crippen LogP contribution is -2.34. The number of halogens is 1. The molecule has 4 nitrogen and oxygen atoms in total. The summed E-state index contributed by atoms with van der Waals surface area (Å²) in [6, 6.07) is 5.27. The van der Waals surface area contributed by atoms with E-state index in [-0.39, 0.29) is 5.91 Å². The fourth-order valence-corrected chi connectivity index (χ4v) is 1.54. The van der Waals surface area contributed by atoms with Crippen LogP contribution >= 0.6 is 11.6 Å². The fraction of sp³-hybridized carbons (Fsp3) is 0.429. The first-order valence-electron chi connectivity index (χ1n) is 6.19. The molecule has 1 atom stereocenters. The molecule has 5 heteroatoms. The van der Waals surface area contributed by atoms with Crippen LogP contribution in [0.15, 0.2) is 23.3 Å². The molecule has 0 aliphatic heterocycles. The Hall–Kier alpha value is -1.55. The van der Waals surface area contributed by atoms with Gasteiger partial charge in [-0.25, -0.2) is 5.43 Å². The monoisotopic (exact) mass is 282 g/mol. The Bertz CT molecular complexity index is 486. The van der Waals surface area contributed by atoms with Gasteiger partial charge in [-0.05, 0) is 51.0 Å². The molecule has 0 heterocycles. The molecule has 1 rings (SSSR count). The van der Waals surface area contributed by atoms with E-state index in [1.165, 1.54) is 0 Å². The molecule has 104 valence electrons. The fourth-order valence-electron chi connectivity index (χ4n) is 1.31. The van der Waals surface area contributed by atoms with E-state index in [0.717, 1.165) is 17.7 Å². The molecule has 0 radical (unpaired) electrons. The average Bonchev–Trinajstić information content (AvgIpc) is 2.38. The third-order valence-corrected chi connectivity index (χ3v) is 2.91. The number of benzene rings is 1. The number of ether oxygens (including phenoxy) is 1. The van der Waals surface area contributed by atoms with Crippen molar-refractivity contribution in [3.05, 3.63) is 28.8 Å². The molecule has 0 aromatic heterocycles. The van der Waals surface area contributed by atoms with Gasteiger partial charge < -0.3 is 4.74 Å². The van der Waals surface area contributed by atoms with Crippen LogP contribution in [0.3, 0.4) is 0 Å². The summed E-state index contributed by atoms with van der Waals surface area (Å²) >= 11 is 5.86. The molecule has 0 bridgehead atoms. The van der Waals surface area contributed by atoms with Crippen LogP contribution in [-0.4, -0.2) is 17.7 Å². The number of hydrogen-bond acceptors (Lipinski definition) is 3. The van der Waals surface area contributed by atoms with Crippen molar-refractivity contribution >= 4 is 23.2 Å². The van der Waals surface area contributed by atoms with E-state index in [1.54, 1.807) is 25.1 Å². The second-order valence-electron chi connectivity index (χ2n) is 4.35. The molecular weight excluding hydrogens is 264 g/mol. The van der Waals surface area contributed by atoms with Gasteiger partial charge in [-0.15, -0.1) is 0 Å². The summed E-state index contributed by atoms with van der Waals surface area (Å²) in [6.07, 6.45) is 0.180. The van der Waals surface area contributed by atoms with Gasteiger partial charge in [0.2, 0.25) is 0 Å². The smallest absolute Gasteiger partial charge is 0.280 e. The minimum absolute atomic E-state index is 0.276. The number of nitrogens with one attached hydrogen (secondary N) is 1. The summed E-state index contributed by atoms with van der Waals surface area (Å²) < 4.78 is 5.59. The predicted molar refractivity (Wildman–Crippen MR) is 77.8 cm³/mol. The summed E-state index contributed by atoms with van der Waals surface area (Å²) in [5.41, 5.74) is 4.24. The highest BCUT2D eigenvalue weighted by molar-refractivity contribution is 6.30. The van der Waals surface area contributed by atoms with Crippen molar-refractivity contribution in [1.29, 1.82) is 0 Å².